The normalized spacial score (nSPS) is 9.64. The Labute approximate surface area is 80.9 Å². The van der Waals surface area contributed by atoms with Crippen molar-refractivity contribution in [2.24, 2.45) is 0 Å². The molecule has 0 aromatic carbocycles. The largest absolute Gasteiger partial charge is 0.376 e. The molecule has 0 fully saturated rings. The molecule has 0 atom stereocenters. The average Bonchev–Trinajstić information content (AvgIpc) is 1.85. The van der Waals surface area contributed by atoms with E-state index < -0.39 is 4.92 Å². The van der Waals surface area contributed by atoms with Crippen molar-refractivity contribution in [2.45, 2.75) is 0 Å². The summed E-state index contributed by atoms with van der Waals surface area (Å²) < 4.78 is 0.445. The molecule has 0 bridgehead atoms. The van der Waals surface area contributed by atoms with Gasteiger partial charge in [0.1, 0.15) is 3.57 Å². The first-order valence-corrected chi connectivity index (χ1v) is 4.02. The molecule has 0 unspecified atom stereocenters. The van der Waals surface area contributed by atoms with Gasteiger partial charge in [0, 0.05) is 0 Å². The Bertz CT molecular complexity index is 305. The highest BCUT2D eigenvalue weighted by Gasteiger charge is 2.12. The topological polar surface area (TPSA) is 56.0 Å². The molecule has 0 N–H and O–H groups in total. The van der Waals surface area contributed by atoms with Crippen molar-refractivity contribution in [3.05, 3.63) is 31.0 Å². The SMILES string of the molecule is O=[N+]([O-])c1ncc(Cl)cc1I. The standard InChI is InChI=1S/C5H2ClIN2O2/c6-3-1-4(7)5(8-2-3)9(10)11/h1-2H. The Hall–Kier alpha value is -0.430. The fourth-order valence-electron chi connectivity index (χ4n) is 0.542. The van der Waals surface area contributed by atoms with Crippen LogP contribution >= 0.6 is 34.2 Å². The van der Waals surface area contributed by atoms with Crippen LogP contribution in [0.3, 0.4) is 0 Å². The molecule has 0 aliphatic carbocycles. The van der Waals surface area contributed by atoms with Crippen LogP contribution < -0.4 is 0 Å². The van der Waals surface area contributed by atoms with Gasteiger partial charge in [-0.05, 0) is 38.6 Å². The summed E-state index contributed by atoms with van der Waals surface area (Å²) in [5.74, 6) is -0.157. The smallest absolute Gasteiger partial charge is 0.358 e. The Kier molecular flexibility index (Phi) is 2.61. The van der Waals surface area contributed by atoms with Gasteiger partial charge in [0.15, 0.2) is 6.20 Å². The zero-order chi connectivity index (χ0) is 8.43. The van der Waals surface area contributed by atoms with Crippen LogP contribution in [0.4, 0.5) is 5.82 Å². The summed E-state index contributed by atoms with van der Waals surface area (Å²) in [5.41, 5.74) is 0. The van der Waals surface area contributed by atoms with Gasteiger partial charge in [0.25, 0.3) is 0 Å². The molecule has 0 radical (unpaired) electrons. The van der Waals surface area contributed by atoms with Gasteiger partial charge < -0.3 is 10.1 Å². The van der Waals surface area contributed by atoms with E-state index in [1.807, 2.05) is 22.6 Å². The van der Waals surface area contributed by atoms with Crippen LogP contribution in [0.1, 0.15) is 0 Å². The molecule has 0 saturated carbocycles. The first-order valence-electron chi connectivity index (χ1n) is 2.56. The first-order chi connectivity index (χ1) is 5.11. The lowest BCUT2D eigenvalue weighted by Gasteiger charge is -1.93. The van der Waals surface area contributed by atoms with Crippen LogP contribution in [0.2, 0.25) is 5.02 Å². The van der Waals surface area contributed by atoms with E-state index in [2.05, 4.69) is 4.98 Å². The molecule has 1 rings (SSSR count). The second kappa shape index (κ2) is 3.31. The molecule has 0 aliphatic heterocycles. The third-order valence-electron chi connectivity index (χ3n) is 0.961. The van der Waals surface area contributed by atoms with Gasteiger partial charge in [-0.2, -0.15) is 0 Å². The van der Waals surface area contributed by atoms with Gasteiger partial charge >= 0.3 is 5.82 Å². The van der Waals surface area contributed by atoms with Crippen molar-refractivity contribution < 1.29 is 4.92 Å². The Morgan fingerprint density at radius 2 is 2.36 bits per heavy atom. The summed E-state index contributed by atoms with van der Waals surface area (Å²) in [4.78, 5) is 13.2. The summed E-state index contributed by atoms with van der Waals surface area (Å²) >= 11 is 7.34. The zero-order valence-electron chi connectivity index (χ0n) is 5.12. The van der Waals surface area contributed by atoms with Crippen molar-refractivity contribution >= 4 is 40.0 Å². The molecule has 1 heterocycles. The number of aromatic nitrogens is 1. The highest BCUT2D eigenvalue weighted by molar-refractivity contribution is 14.1. The van der Waals surface area contributed by atoms with E-state index in [0.717, 1.165) is 0 Å². The number of halogens is 2. The highest BCUT2D eigenvalue weighted by atomic mass is 127. The number of rotatable bonds is 1. The van der Waals surface area contributed by atoms with Crippen LogP contribution in [0.15, 0.2) is 12.3 Å². The maximum Gasteiger partial charge on any atom is 0.376 e. The van der Waals surface area contributed by atoms with E-state index in [9.17, 15) is 10.1 Å². The molecular weight excluding hydrogens is 282 g/mol. The van der Waals surface area contributed by atoms with E-state index in [0.29, 0.717) is 8.59 Å². The van der Waals surface area contributed by atoms with Crippen LogP contribution in [0.25, 0.3) is 0 Å². The van der Waals surface area contributed by atoms with Gasteiger partial charge in [-0.25, -0.2) is 0 Å². The molecule has 58 valence electrons. The number of hydrogen-bond acceptors (Lipinski definition) is 3. The van der Waals surface area contributed by atoms with Gasteiger partial charge in [-0.3, -0.25) is 0 Å². The third-order valence-corrected chi connectivity index (χ3v) is 1.96. The molecule has 0 saturated heterocycles. The van der Waals surface area contributed by atoms with E-state index in [-0.39, 0.29) is 5.82 Å². The monoisotopic (exact) mass is 284 g/mol. The number of hydrogen-bond donors (Lipinski definition) is 0. The van der Waals surface area contributed by atoms with E-state index in [4.69, 9.17) is 11.6 Å². The maximum atomic E-state index is 10.2. The van der Waals surface area contributed by atoms with Crippen molar-refractivity contribution in [3.8, 4) is 0 Å². The highest BCUT2D eigenvalue weighted by Crippen LogP contribution is 2.20. The second-order valence-electron chi connectivity index (χ2n) is 1.72. The van der Waals surface area contributed by atoms with E-state index in [1.54, 1.807) is 0 Å². The summed E-state index contributed by atoms with van der Waals surface area (Å²) in [6, 6.07) is 1.49. The molecular formula is C5H2ClIN2O2. The quantitative estimate of drug-likeness (QED) is 0.451. The minimum Gasteiger partial charge on any atom is -0.358 e. The summed E-state index contributed by atoms with van der Waals surface area (Å²) in [5, 5.41) is 10.6. The fraction of sp³-hybridized carbons (Fsp3) is 0. The van der Waals surface area contributed by atoms with Crippen LogP contribution in [0, 0.1) is 13.7 Å². The zero-order valence-corrected chi connectivity index (χ0v) is 8.03. The lowest BCUT2D eigenvalue weighted by molar-refractivity contribution is -0.390. The predicted molar refractivity (Wildman–Crippen MR) is 48.6 cm³/mol. The lowest BCUT2D eigenvalue weighted by atomic mass is 10.5. The minimum atomic E-state index is -0.544. The van der Waals surface area contributed by atoms with Crippen molar-refractivity contribution in [1.82, 2.24) is 4.98 Å². The molecule has 1 aromatic rings. The molecule has 0 amide bonds. The fourth-order valence-corrected chi connectivity index (χ4v) is 1.56. The summed E-state index contributed by atoms with van der Waals surface area (Å²) in [7, 11) is 0. The predicted octanol–water partition coefficient (Wildman–Crippen LogP) is 2.25. The molecule has 6 heteroatoms. The van der Waals surface area contributed by atoms with Gasteiger partial charge in [0.05, 0.1) is 5.02 Å². The summed E-state index contributed by atoms with van der Waals surface area (Å²) in [6.45, 7) is 0. The Morgan fingerprint density at radius 3 is 2.82 bits per heavy atom. The van der Waals surface area contributed by atoms with Crippen LogP contribution in [-0.2, 0) is 0 Å². The second-order valence-corrected chi connectivity index (χ2v) is 3.31. The van der Waals surface area contributed by atoms with Gasteiger partial charge in [-0.1, -0.05) is 11.6 Å². The van der Waals surface area contributed by atoms with Gasteiger partial charge in [0.2, 0.25) is 0 Å². The average molecular weight is 284 g/mol. The molecule has 11 heavy (non-hydrogen) atoms. The van der Waals surface area contributed by atoms with Crippen molar-refractivity contribution in [1.29, 1.82) is 0 Å². The van der Waals surface area contributed by atoms with E-state index >= 15 is 0 Å². The Morgan fingerprint density at radius 1 is 1.73 bits per heavy atom. The molecule has 4 nitrogen and oxygen atoms in total. The van der Waals surface area contributed by atoms with Gasteiger partial charge in [-0.15, -0.1) is 0 Å². The van der Waals surface area contributed by atoms with E-state index in [1.165, 1.54) is 12.3 Å². The molecule has 0 aliphatic rings. The molecule has 1 aromatic heterocycles. The lowest BCUT2D eigenvalue weighted by Crippen LogP contribution is -1.94. The van der Waals surface area contributed by atoms with Crippen LogP contribution in [0.5, 0.6) is 0 Å². The maximum absolute atomic E-state index is 10.2. The van der Waals surface area contributed by atoms with Crippen molar-refractivity contribution in [3.63, 3.8) is 0 Å². The Balaban J connectivity index is 3.20. The molecule has 0 spiro atoms. The number of nitrogens with zero attached hydrogens (tertiary/aromatic N) is 2. The third kappa shape index (κ3) is 2.00. The van der Waals surface area contributed by atoms with Crippen molar-refractivity contribution in [2.75, 3.05) is 0 Å². The number of pyridine rings is 1. The first kappa shape index (κ1) is 8.66. The number of nitro groups is 1. The minimum absolute atomic E-state index is 0.157. The summed E-state index contributed by atoms with van der Waals surface area (Å²) in [6.07, 6.45) is 1.25. The van der Waals surface area contributed by atoms with Crippen LogP contribution in [-0.4, -0.2) is 9.91 Å².